The van der Waals surface area contributed by atoms with Crippen molar-refractivity contribution >= 4 is 29.2 Å². The Labute approximate surface area is 172 Å². The highest BCUT2D eigenvalue weighted by Gasteiger charge is 2.49. The molecular formula is C20H20N4O6. The van der Waals surface area contributed by atoms with Gasteiger partial charge in [0, 0.05) is 17.8 Å². The van der Waals surface area contributed by atoms with Crippen molar-refractivity contribution in [2.75, 3.05) is 19.0 Å². The van der Waals surface area contributed by atoms with E-state index >= 15 is 0 Å². The molecule has 0 spiro atoms. The van der Waals surface area contributed by atoms with Crippen LogP contribution < -0.4 is 15.4 Å². The monoisotopic (exact) mass is 412 g/mol. The zero-order valence-electron chi connectivity index (χ0n) is 16.6. The summed E-state index contributed by atoms with van der Waals surface area (Å²) in [5.74, 6) is -0.517. The quantitative estimate of drug-likeness (QED) is 0.425. The molecule has 2 aromatic rings. The number of nitro groups is 1. The summed E-state index contributed by atoms with van der Waals surface area (Å²) in [6, 6.07) is 9.67. The lowest BCUT2D eigenvalue weighted by molar-refractivity contribution is -0.384. The molecule has 1 atom stereocenters. The molecule has 2 aromatic carbocycles. The van der Waals surface area contributed by atoms with Gasteiger partial charge in [-0.2, -0.15) is 0 Å². The topological polar surface area (TPSA) is 131 Å². The molecular weight excluding hydrogens is 392 g/mol. The standard InChI is InChI=1S/C20H20N4O6/c1-12-10-13(4-9-16(12)30-3)20(2)18(26)23(19(27)22-20)11-17(25)21-14-5-7-15(8-6-14)24(28)29/h4-10H,11H2,1-3H3,(H,21,25)(H,22,27). The normalized spacial score (nSPS) is 18.2. The Bertz CT molecular complexity index is 1040. The van der Waals surface area contributed by atoms with Crippen LogP contribution in [-0.2, 0) is 15.1 Å². The predicted octanol–water partition coefficient (Wildman–Crippen LogP) is 2.32. The molecule has 156 valence electrons. The van der Waals surface area contributed by atoms with Crippen LogP contribution >= 0.6 is 0 Å². The lowest BCUT2D eigenvalue weighted by Crippen LogP contribution is -2.42. The van der Waals surface area contributed by atoms with Crippen molar-refractivity contribution in [3.05, 3.63) is 63.7 Å². The number of carbonyl (C=O) groups is 3. The van der Waals surface area contributed by atoms with E-state index in [-0.39, 0.29) is 5.69 Å². The zero-order valence-corrected chi connectivity index (χ0v) is 16.6. The number of urea groups is 1. The Balaban J connectivity index is 1.73. The Kier molecular flexibility index (Phi) is 5.41. The first-order valence-electron chi connectivity index (χ1n) is 8.99. The van der Waals surface area contributed by atoms with E-state index in [1.54, 1.807) is 25.1 Å². The van der Waals surface area contributed by atoms with E-state index in [1.165, 1.54) is 31.4 Å². The van der Waals surface area contributed by atoms with E-state index in [1.807, 2.05) is 6.92 Å². The molecule has 3 rings (SSSR count). The van der Waals surface area contributed by atoms with Crippen LogP contribution in [0.2, 0.25) is 0 Å². The average Bonchev–Trinajstić information content (AvgIpc) is 2.92. The minimum Gasteiger partial charge on any atom is -0.496 e. The minimum atomic E-state index is -1.32. The van der Waals surface area contributed by atoms with Crippen LogP contribution in [0, 0.1) is 17.0 Å². The number of nitro benzene ring substituents is 1. The molecule has 0 bridgehead atoms. The summed E-state index contributed by atoms with van der Waals surface area (Å²) in [5, 5.41) is 15.9. The molecule has 10 heteroatoms. The molecule has 1 saturated heterocycles. The van der Waals surface area contributed by atoms with E-state index in [0.29, 0.717) is 17.0 Å². The maximum atomic E-state index is 13.0. The highest BCUT2D eigenvalue weighted by atomic mass is 16.6. The number of hydrogen-bond donors (Lipinski definition) is 2. The first-order chi connectivity index (χ1) is 14.2. The average molecular weight is 412 g/mol. The first-order valence-corrected chi connectivity index (χ1v) is 8.99. The maximum Gasteiger partial charge on any atom is 0.325 e. The van der Waals surface area contributed by atoms with Gasteiger partial charge in [0.25, 0.3) is 11.6 Å². The van der Waals surface area contributed by atoms with Gasteiger partial charge in [0.05, 0.1) is 12.0 Å². The molecule has 0 saturated carbocycles. The van der Waals surface area contributed by atoms with Crippen LogP contribution in [0.5, 0.6) is 5.75 Å². The van der Waals surface area contributed by atoms with Gasteiger partial charge in [-0.3, -0.25) is 24.6 Å². The van der Waals surface area contributed by atoms with Crippen LogP contribution in [-0.4, -0.2) is 41.3 Å². The second kappa shape index (κ2) is 7.82. The Morgan fingerprint density at radius 3 is 2.47 bits per heavy atom. The number of hydrogen-bond acceptors (Lipinski definition) is 6. The van der Waals surface area contributed by atoms with Crippen molar-refractivity contribution in [1.82, 2.24) is 10.2 Å². The number of imide groups is 1. The fourth-order valence-corrected chi connectivity index (χ4v) is 3.24. The lowest BCUT2D eigenvalue weighted by atomic mass is 9.90. The molecule has 0 aromatic heterocycles. The van der Waals surface area contributed by atoms with Crippen molar-refractivity contribution in [1.29, 1.82) is 0 Å². The summed E-state index contributed by atoms with van der Waals surface area (Å²) in [7, 11) is 1.54. The Morgan fingerprint density at radius 1 is 1.23 bits per heavy atom. The number of rotatable bonds is 6. The third-order valence-electron chi connectivity index (χ3n) is 4.91. The van der Waals surface area contributed by atoms with Gasteiger partial charge in [0.1, 0.15) is 17.8 Å². The van der Waals surface area contributed by atoms with E-state index < -0.39 is 34.9 Å². The number of amides is 4. The smallest absolute Gasteiger partial charge is 0.325 e. The molecule has 1 fully saturated rings. The molecule has 0 aliphatic carbocycles. The highest BCUT2D eigenvalue weighted by molar-refractivity contribution is 6.10. The van der Waals surface area contributed by atoms with Crippen LogP contribution in [0.15, 0.2) is 42.5 Å². The maximum absolute atomic E-state index is 13.0. The van der Waals surface area contributed by atoms with E-state index in [2.05, 4.69) is 10.6 Å². The molecule has 4 amide bonds. The number of aryl methyl sites for hydroxylation is 1. The van der Waals surface area contributed by atoms with Crippen molar-refractivity contribution in [3.8, 4) is 5.75 Å². The van der Waals surface area contributed by atoms with Crippen molar-refractivity contribution in [2.24, 2.45) is 0 Å². The summed E-state index contributed by atoms with van der Waals surface area (Å²) >= 11 is 0. The van der Waals surface area contributed by atoms with Crippen LogP contribution in [0.3, 0.4) is 0 Å². The Hall–Kier alpha value is -3.95. The molecule has 1 aliphatic heterocycles. The fourth-order valence-electron chi connectivity index (χ4n) is 3.24. The highest BCUT2D eigenvalue weighted by Crippen LogP contribution is 2.31. The second-order valence-corrected chi connectivity index (χ2v) is 6.98. The predicted molar refractivity (Wildman–Crippen MR) is 107 cm³/mol. The first kappa shape index (κ1) is 20.8. The third kappa shape index (κ3) is 3.79. The molecule has 1 heterocycles. The van der Waals surface area contributed by atoms with Crippen molar-refractivity contribution in [2.45, 2.75) is 19.4 Å². The molecule has 30 heavy (non-hydrogen) atoms. The number of anilines is 1. The van der Waals surface area contributed by atoms with Gasteiger partial charge >= 0.3 is 6.03 Å². The number of nitrogens with zero attached hydrogens (tertiary/aromatic N) is 2. The number of carbonyl (C=O) groups excluding carboxylic acids is 3. The summed E-state index contributed by atoms with van der Waals surface area (Å²) in [4.78, 5) is 48.7. The number of non-ortho nitro benzene ring substituents is 1. The van der Waals surface area contributed by atoms with E-state index in [4.69, 9.17) is 4.74 Å². The Morgan fingerprint density at radius 2 is 1.90 bits per heavy atom. The second-order valence-electron chi connectivity index (χ2n) is 6.98. The number of ether oxygens (including phenoxy) is 1. The van der Waals surface area contributed by atoms with Gasteiger partial charge in [-0.05, 0) is 49.2 Å². The van der Waals surface area contributed by atoms with Gasteiger partial charge < -0.3 is 15.4 Å². The SMILES string of the molecule is COc1ccc(C2(C)NC(=O)N(CC(=O)Nc3ccc([N+](=O)[O-])cc3)C2=O)cc1C. The summed E-state index contributed by atoms with van der Waals surface area (Å²) in [5.41, 5.74) is 0.241. The number of nitrogens with one attached hydrogen (secondary N) is 2. The molecule has 1 aliphatic rings. The minimum absolute atomic E-state index is 0.118. The summed E-state index contributed by atoms with van der Waals surface area (Å²) in [6.45, 7) is 2.90. The summed E-state index contributed by atoms with van der Waals surface area (Å²) < 4.78 is 5.22. The third-order valence-corrected chi connectivity index (χ3v) is 4.91. The fraction of sp³-hybridized carbons (Fsp3) is 0.250. The van der Waals surface area contributed by atoms with Gasteiger partial charge in [-0.1, -0.05) is 6.07 Å². The molecule has 10 nitrogen and oxygen atoms in total. The van der Waals surface area contributed by atoms with Gasteiger partial charge in [0.2, 0.25) is 5.91 Å². The van der Waals surface area contributed by atoms with Crippen LogP contribution in [0.25, 0.3) is 0 Å². The van der Waals surface area contributed by atoms with Gasteiger partial charge in [-0.15, -0.1) is 0 Å². The van der Waals surface area contributed by atoms with Crippen molar-refractivity contribution in [3.63, 3.8) is 0 Å². The lowest BCUT2D eigenvalue weighted by Gasteiger charge is -2.23. The molecule has 2 N–H and O–H groups in total. The van der Waals surface area contributed by atoms with E-state index in [0.717, 1.165) is 10.5 Å². The van der Waals surface area contributed by atoms with E-state index in [9.17, 15) is 24.5 Å². The zero-order chi connectivity index (χ0) is 22.1. The number of methoxy groups -OCH3 is 1. The van der Waals surface area contributed by atoms with Gasteiger partial charge in [0.15, 0.2) is 0 Å². The van der Waals surface area contributed by atoms with Gasteiger partial charge in [-0.25, -0.2) is 4.79 Å². The molecule has 0 radical (unpaired) electrons. The molecule has 1 unspecified atom stereocenters. The van der Waals surface area contributed by atoms with Crippen molar-refractivity contribution < 1.29 is 24.0 Å². The summed E-state index contributed by atoms with van der Waals surface area (Å²) in [6.07, 6.45) is 0. The largest absolute Gasteiger partial charge is 0.496 e. The number of benzene rings is 2. The van der Waals surface area contributed by atoms with Crippen LogP contribution in [0.1, 0.15) is 18.1 Å². The van der Waals surface area contributed by atoms with Crippen LogP contribution in [0.4, 0.5) is 16.2 Å².